The van der Waals surface area contributed by atoms with E-state index in [4.69, 9.17) is 0 Å². The fourth-order valence-corrected chi connectivity index (χ4v) is 2.61. The molecule has 0 fully saturated rings. The van der Waals surface area contributed by atoms with Crippen molar-refractivity contribution in [3.05, 3.63) is 53.2 Å². The lowest BCUT2D eigenvalue weighted by Gasteiger charge is -2.11. The molecule has 0 N–H and O–H groups in total. The Bertz CT molecular complexity index is 565. The fourth-order valence-electron chi connectivity index (χ4n) is 2.61. The van der Waals surface area contributed by atoms with Crippen molar-refractivity contribution < 1.29 is 0 Å². The molecule has 1 aromatic carbocycles. The molecule has 106 valence electrons. The van der Waals surface area contributed by atoms with Gasteiger partial charge in [-0.05, 0) is 47.9 Å². The van der Waals surface area contributed by atoms with Gasteiger partial charge in [-0.2, -0.15) is 0 Å². The Balaban J connectivity index is 2.25. The molecule has 0 atom stereocenters. The van der Waals surface area contributed by atoms with E-state index in [0.717, 1.165) is 12.1 Å². The number of aryl methyl sites for hydroxylation is 1. The van der Waals surface area contributed by atoms with Gasteiger partial charge in [0.1, 0.15) is 0 Å². The average molecular weight is 267 g/mol. The van der Waals surface area contributed by atoms with E-state index in [-0.39, 0.29) is 0 Å². The van der Waals surface area contributed by atoms with Gasteiger partial charge in [0.2, 0.25) is 0 Å². The van der Waals surface area contributed by atoms with E-state index in [1.54, 1.807) is 0 Å². The van der Waals surface area contributed by atoms with Gasteiger partial charge < -0.3 is 0 Å². The van der Waals surface area contributed by atoms with Crippen LogP contribution in [0.1, 0.15) is 50.3 Å². The van der Waals surface area contributed by atoms with Crippen molar-refractivity contribution >= 4 is 0 Å². The summed E-state index contributed by atoms with van der Waals surface area (Å²) in [4.78, 5) is 4.62. The molecular weight excluding hydrogens is 242 g/mol. The first-order valence-electron chi connectivity index (χ1n) is 7.53. The van der Waals surface area contributed by atoms with Crippen LogP contribution in [-0.4, -0.2) is 4.98 Å². The minimum atomic E-state index is 0.532. The summed E-state index contributed by atoms with van der Waals surface area (Å²) in [6.07, 6.45) is 3.16. The smallest absolute Gasteiger partial charge is 0.0704 e. The van der Waals surface area contributed by atoms with Crippen molar-refractivity contribution in [2.75, 3.05) is 0 Å². The summed E-state index contributed by atoms with van der Waals surface area (Å²) in [6.45, 7) is 11.1. The molecule has 0 amide bonds. The lowest BCUT2D eigenvalue weighted by atomic mass is 9.97. The molecule has 0 radical (unpaired) electrons. The number of hydrogen-bond acceptors (Lipinski definition) is 1. The second-order valence-electron chi connectivity index (χ2n) is 6.38. The maximum atomic E-state index is 4.62. The second-order valence-corrected chi connectivity index (χ2v) is 6.38. The molecule has 1 nitrogen and oxygen atoms in total. The summed E-state index contributed by atoms with van der Waals surface area (Å²) >= 11 is 0. The SMILES string of the molecule is Cc1cc(-c2ccc(CC(C)C)cc2)ncc1C(C)C. The molecule has 1 aromatic heterocycles. The highest BCUT2D eigenvalue weighted by molar-refractivity contribution is 5.60. The lowest BCUT2D eigenvalue weighted by Crippen LogP contribution is -1.96. The summed E-state index contributed by atoms with van der Waals surface area (Å²) in [5, 5.41) is 0. The second kappa shape index (κ2) is 6.21. The van der Waals surface area contributed by atoms with Crippen molar-refractivity contribution in [2.45, 2.75) is 47.0 Å². The van der Waals surface area contributed by atoms with Crippen LogP contribution >= 0.6 is 0 Å². The lowest BCUT2D eigenvalue weighted by molar-refractivity contribution is 0.647. The van der Waals surface area contributed by atoms with Crippen LogP contribution in [0, 0.1) is 12.8 Å². The fraction of sp³-hybridized carbons (Fsp3) is 0.421. The molecule has 0 unspecified atom stereocenters. The number of hydrogen-bond donors (Lipinski definition) is 0. The van der Waals surface area contributed by atoms with Crippen molar-refractivity contribution in [1.82, 2.24) is 4.98 Å². The van der Waals surface area contributed by atoms with Gasteiger partial charge in [0.05, 0.1) is 5.69 Å². The summed E-state index contributed by atoms with van der Waals surface area (Å²) in [5.74, 6) is 1.23. The normalized spacial score (nSPS) is 11.3. The molecule has 0 aliphatic carbocycles. The minimum absolute atomic E-state index is 0.532. The van der Waals surface area contributed by atoms with Crippen LogP contribution in [0.2, 0.25) is 0 Å². The summed E-state index contributed by atoms with van der Waals surface area (Å²) in [5.41, 5.74) is 6.35. The molecular formula is C19H25N. The molecule has 0 saturated heterocycles. The quantitative estimate of drug-likeness (QED) is 0.724. The average Bonchev–Trinajstić information content (AvgIpc) is 2.38. The monoisotopic (exact) mass is 267 g/mol. The molecule has 2 aromatic rings. The molecule has 20 heavy (non-hydrogen) atoms. The number of pyridine rings is 1. The predicted molar refractivity (Wildman–Crippen MR) is 87.0 cm³/mol. The first-order valence-corrected chi connectivity index (χ1v) is 7.53. The molecule has 0 bridgehead atoms. The molecule has 0 spiro atoms. The zero-order chi connectivity index (χ0) is 14.7. The zero-order valence-electron chi connectivity index (χ0n) is 13.3. The van der Waals surface area contributed by atoms with Gasteiger partial charge in [0.15, 0.2) is 0 Å². The van der Waals surface area contributed by atoms with E-state index in [9.17, 15) is 0 Å². The van der Waals surface area contributed by atoms with Gasteiger partial charge in [0, 0.05) is 11.8 Å². The first-order chi connectivity index (χ1) is 9.47. The third-order valence-corrected chi connectivity index (χ3v) is 3.67. The number of aromatic nitrogens is 1. The first kappa shape index (κ1) is 14.8. The van der Waals surface area contributed by atoms with Crippen LogP contribution in [-0.2, 0) is 6.42 Å². The van der Waals surface area contributed by atoms with E-state index in [0.29, 0.717) is 11.8 Å². The third kappa shape index (κ3) is 3.47. The Morgan fingerprint density at radius 3 is 2.15 bits per heavy atom. The van der Waals surface area contributed by atoms with Crippen molar-refractivity contribution in [2.24, 2.45) is 5.92 Å². The van der Waals surface area contributed by atoms with Crippen LogP contribution in [0.5, 0.6) is 0 Å². The molecule has 0 aliphatic rings. The van der Waals surface area contributed by atoms with E-state index in [1.807, 2.05) is 6.20 Å². The van der Waals surface area contributed by atoms with Gasteiger partial charge in [-0.15, -0.1) is 0 Å². The van der Waals surface area contributed by atoms with Gasteiger partial charge in [-0.3, -0.25) is 4.98 Å². The van der Waals surface area contributed by atoms with Crippen LogP contribution in [0.25, 0.3) is 11.3 Å². The van der Waals surface area contributed by atoms with Crippen LogP contribution in [0.4, 0.5) is 0 Å². The van der Waals surface area contributed by atoms with Crippen LogP contribution in [0.3, 0.4) is 0 Å². The topological polar surface area (TPSA) is 12.9 Å². The summed E-state index contributed by atoms with van der Waals surface area (Å²) < 4.78 is 0. The molecule has 1 heteroatoms. The van der Waals surface area contributed by atoms with E-state index < -0.39 is 0 Å². The minimum Gasteiger partial charge on any atom is -0.256 e. The van der Waals surface area contributed by atoms with Crippen molar-refractivity contribution in [3.63, 3.8) is 0 Å². The Hall–Kier alpha value is -1.63. The summed E-state index contributed by atoms with van der Waals surface area (Å²) in [7, 11) is 0. The highest BCUT2D eigenvalue weighted by atomic mass is 14.7. The van der Waals surface area contributed by atoms with E-state index in [1.165, 1.54) is 22.3 Å². The summed E-state index contributed by atoms with van der Waals surface area (Å²) in [6, 6.07) is 11.0. The van der Waals surface area contributed by atoms with Crippen molar-refractivity contribution in [1.29, 1.82) is 0 Å². The number of benzene rings is 1. The highest BCUT2D eigenvalue weighted by Gasteiger charge is 2.07. The number of rotatable bonds is 4. The highest BCUT2D eigenvalue weighted by Crippen LogP contribution is 2.24. The Labute approximate surface area is 123 Å². The van der Waals surface area contributed by atoms with Gasteiger partial charge in [0.25, 0.3) is 0 Å². The number of nitrogens with zero attached hydrogens (tertiary/aromatic N) is 1. The standard InChI is InChI=1S/C19H25N/c1-13(2)10-16-6-8-17(9-7-16)19-11-15(5)18(12-20-19)14(3)4/h6-9,11-14H,10H2,1-5H3. The molecule has 2 rings (SSSR count). The van der Waals surface area contributed by atoms with Crippen molar-refractivity contribution in [3.8, 4) is 11.3 Å². The Morgan fingerprint density at radius 1 is 1.00 bits per heavy atom. The maximum absolute atomic E-state index is 4.62. The third-order valence-electron chi connectivity index (χ3n) is 3.67. The van der Waals surface area contributed by atoms with Gasteiger partial charge in [-0.1, -0.05) is 52.0 Å². The zero-order valence-corrected chi connectivity index (χ0v) is 13.3. The Morgan fingerprint density at radius 2 is 1.65 bits per heavy atom. The van der Waals surface area contributed by atoms with Crippen LogP contribution in [0.15, 0.2) is 36.5 Å². The molecule has 0 aliphatic heterocycles. The van der Waals surface area contributed by atoms with E-state index >= 15 is 0 Å². The van der Waals surface area contributed by atoms with E-state index in [2.05, 4.69) is 69.9 Å². The molecule has 0 saturated carbocycles. The largest absolute Gasteiger partial charge is 0.256 e. The van der Waals surface area contributed by atoms with Crippen LogP contribution < -0.4 is 0 Å². The molecule has 1 heterocycles. The maximum Gasteiger partial charge on any atom is 0.0704 e. The predicted octanol–water partition coefficient (Wildman–Crippen LogP) is 5.38. The van der Waals surface area contributed by atoms with Gasteiger partial charge in [-0.25, -0.2) is 0 Å². The van der Waals surface area contributed by atoms with Gasteiger partial charge >= 0.3 is 0 Å². The Kier molecular flexibility index (Phi) is 4.59.